The molecular weight excluding hydrogens is 555 g/mol. The van der Waals surface area contributed by atoms with Crippen LogP contribution in [-0.2, 0) is 6.42 Å². The number of nitrogens with zero attached hydrogens (tertiary/aromatic N) is 2. The lowest BCUT2D eigenvalue weighted by atomic mass is 9.87. The topological polar surface area (TPSA) is 95.8 Å². The van der Waals surface area contributed by atoms with Gasteiger partial charge in [0.2, 0.25) is 0 Å². The number of anilines is 1. The molecule has 0 aliphatic rings. The Labute approximate surface area is 259 Å². The van der Waals surface area contributed by atoms with Crippen molar-refractivity contribution in [3.8, 4) is 22.6 Å². The predicted molar refractivity (Wildman–Crippen MR) is 175 cm³/mol. The van der Waals surface area contributed by atoms with Crippen LogP contribution in [0.2, 0.25) is 0 Å². The number of ether oxygens (including phenoxy) is 1. The number of aromatic nitrogens is 1. The largest absolute Gasteiger partial charge is 0.507 e. The number of hydrazone groups is 1. The van der Waals surface area contributed by atoms with Crippen molar-refractivity contribution in [1.29, 1.82) is 0 Å². The third kappa shape index (κ3) is 9.14. The zero-order valence-electron chi connectivity index (χ0n) is 25.6. The number of aromatic hydroxyl groups is 1. The van der Waals surface area contributed by atoms with E-state index in [1.807, 2.05) is 43.3 Å². The van der Waals surface area contributed by atoms with Crippen molar-refractivity contribution in [2.24, 2.45) is 10.5 Å². The van der Waals surface area contributed by atoms with Crippen LogP contribution in [-0.4, -0.2) is 35.4 Å². The molecule has 0 atom stereocenters. The number of hydrogen-bond donors (Lipinski definition) is 3. The highest BCUT2D eigenvalue weighted by Gasteiger charge is 2.21. The van der Waals surface area contributed by atoms with Crippen LogP contribution in [0.4, 0.5) is 10.2 Å². The van der Waals surface area contributed by atoms with E-state index in [9.17, 15) is 14.3 Å². The van der Waals surface area contributed by atoms with E-state index >= 15 is 0 Å². The van der Waals surface area contributed by atoms with Gasteiger partial charge in [0.15, 0.2) is 5.82 Å². The lowest BCUT2D eigenvalue weighted by molar-refractivity contribution is 0.0934. The van der Waals surface area contributed by atoms with Gasteiger partial charge in [-0.15, -0.1) is 0 Å². The number of halogens is 1. The first kappa shape index (κ1) is 32.2. The third-order valence-electron chi connectivity index (χ3n) is 7.44. The molecule has 230 valence electrons. The molecule has 44 heavy (non-hydrogen) atoms. The second-order valence-electron chi connectivity index (χ2n) is 11.5. The molecule has 0 saturated heterocycles. The van der Waals surface area contributed by atoms with Gasteiger partial charge in [0.25, 0.3) is 5.91 Å². The summed E-state index contributed by atoms with van der Waals surface area (Å²) in [5.41, 5.74) is 6.46. The summed E-state index contributed by atoms with van der Waals surface area (Å²) in [4.78, 5) is 17.3. The van der Waals surface area contributed by atoms with E-state index in [4.69, 9.17) is 4.74 Å². The quantitative estimate of drug-likeness (QED) is 0.0734. The lowest BCUT2D eigenvalue weighted by Crippen LogP contribution is -2.34. The number of benzene rings is 3. The van der Waals surface area contributed by atoms with Gasteiger partial charge in [-0.1, -0.05) is 82.1 Å². The first-order valence-electron chi connectivity index (χ1n) is 15.1. The minimum absolute atomic E-state index is 0.103. The van der Waals surface area contributed by atoms with E-state index in [2.05, 4.69) is 34.7 Å². The maximum Gasteiger partial charge on any atom is 0.255 e. The average Bonchev–Trinajstić information content (AvgIpc) is 3.03. The molecule has 1 amide bonds. The van der Waals surface area contributed by atoms with Gasteiger partial charge < -0.3 is 15.2 Å². The molecular formula is C36H41FN4O3. The third-order valence-corrected chi connectivity index (χ3v) is 7.44. The van der Waals surface area contributed by atoms with E-state index in [0.717, 1.165) is 43.2 Å². The van der Waals surface area contributed by atoms with Gasteiger partial charge in [0.05, 0.1) is 23.9 Å². The molecule has 0 fully saturated rings. The summed E-state index contributed by atoms with van der Waals surface area (Å²) in [5, 5.41) is 17.9. The Morgan fingerprint density at radius 2 is 1.77 bits per heavy atom. The molecule has 0 spiro atoms. The van der Waals surface area contributed by atoms with Crippen LogP contribution in [0, 0.1) is 11.2 Å². The van der Waals surface area contributed by atoms with Crippen molar-refractivity contribution in [2.75, 3.05) is 18.6 Å². The number of unbranched alkanes of at least 4 members (excludes halogenated alkanes) is 2. The fourth-order valence-electron chi connectivity index (χ4n) is 4.90. The smallest absolute Gasteiger partial charge is 0.255 e. The summed E-state index contributed by atoms with van der Waals surface area (Å²) in [6, 6.07) is 22.8. The number of nitrogens with one attached hydrogen (secondary N) is 2. The summed E-state index contributed by atoms with van der Waals surface area (Å²) in [5.74, 6) is 0.633. The standard InChI is InChI=1S/C36H41FN4O3/c1-4-27-17-20-31(42)32(28-15-18-29(37)19-16-28)33(27)44-23-10-6-9-21-36(2,3)25-39-35(43)30-14-11-22-38-34(30)41-40-24-26-12-7-5-8-13-26/h5,7-8,11-20,22,24,42H,4,6,9-10,21,23,25H2,1-3H3,(H,38,41)(H,39,43). The molecule has 3 aromatic carbocycles. The lowest BCUT2D eigenvalue weighted by Gasteiger charge is -2.25. The van der Waals surface area contributed by atoms with E-state index in [1.165, 1.54) is 12.1 Å². The van der Waals surface area contributed by atoms with E-state index in [-0.39, 0.29) is 22.9 Å². The molecule has 8 heteroatoms. The number of carbonyl (C=O) groups excluding carboxylic acids is 1. The van der Waals surface area contributed by atoms with Crippen molar-refractivity contribution in [2.45, 2.75) is 52.9 Å². The number of hydrogen-bond acceptors (Lipinski definition) is 6. The molecule has 0 aliphatic heterocycles. The summed E-state index contributed by atoms with van der Waals surface area (Å²) in [6.07, 6.45) is 7.77. The van der Waals surface area contributed by atoms with Crippen LogP contribution in [0.15, 0.2) is 90.2 Å². The van der Waals surface area contributed by atoms with Gasteiger partial charge in [0.1, 0.15) is 17.3 Å². The average molecular weight is 597 g/mol. The Bertz CT molecular complexity index is 1540. The van der Waals surface area contributed by atoms with Crippen molar-refractivity contribution in [3.05, 3.63) is 108 Å². The van der Waals surface area contributed by atoms with Gasteiger partial charge in [0, 0.05) is 12.7 Å². The molecule has 0 aliphatic carbocycles. The van der Waals surface area contributed by atoms with Crippen molar-refractivity contribution < 1.29 is 19.0 Å². The Hall–Kier alpha value is -4.72. The van der Waals surface area contributed by atoms with Gasteiger partial charge in [-0.25, -0.2) is 9.37 Å². The summed E-state index contributed by atoms with van der Waals surface area (Å²) in [6.45, 7) is 7.36. The first-order valence-corrected chi connectivity index (χ1v) is 15.1. The fraction of sp³-hybridized carbons (Fsp3) is 0.306. The Balaban J connectivity index is 1.24. The fourth-order valence-corrected chi connectivity index (χ4v) is 4.90. The van der Waals surface area contributed by atoms with Crippen LogP contribution in [0.1, 0.15) is 67.9 Å². The van der Waals surface area contributed by atoms with Crippen molar-refractivity contribution in [3.63, 3.8) is 0 Å². The van der Waals surface area contributed by atoms with Crippen molar-refractivity contribution in [1.82, 2.24) is 10.3 Å². The molecule has 0 radical (unpaired) electrons. The highest BCUT2D eigenvalue weighted by atomic mass is 19.1. The van der Waals surface area contributed by atoms with Crippen LogP contribution >= 0.6 is 0 Å². The molecule has 7 nitrogen and oxygen atoms in total. The molecule has 1 aromatic heterocycles. The number of pyridine rings is 1. The van der Waals surface area contributed by atoms with Crippen molar-refractivity contribution >= 4 is 17.9 Å². The summed E-state index contributed by atoms with van der Waals surface area (Å²) in [7, 11) is 0. The number of carbonyl (C=O) groups is 1. The molecule has 4 aromatic rings. The minimum Gasteiger partial charge on any atom is -0.507 e. The van der Waals surface area contributed by atoms with Crippen LogP contribution in [0.5, 0.6) is 11.5 Å². The normalized spacial score (nSPS) is 11.5. The summed E-state index contributed by atoms with van der Waals surface area (Å²) >= 11 is 0. The Kier molecular flexibility index (Phi) is 11.5. The van der Waals surface area contributed by atoms with E-state index in [1.54, 1.807) is 42.7 Å². The van der Waals surface area contributed by atoms with Gasteiger partial charge in [-0.05, 0) is 71.7 Å². The number of aryl methyl sites for hydroxylation is 1. The zero-order valence-corrected chi connectivity index (χ0v) is 25.6. The van der Waals surface area contributed by atoms with Crippen LogP contribution in [0.3, 0.4) is 0 Å². The first-order chi connectivity index (χ1) is 21.3. The SMILES string of the molecule is CCc1ccc(O)c(-c2ccc(F)cc2)c1OCCCCCC(C)(C)CNC(=O)c1cccnc1NN=Cc1ccccc1. The Morgan fingerprint density at radius 3 is 2.52 bits per heavy atom. The molecule has 3 N–H and O–H groups in total. The zero-order chi connectivity index (χ0) is 31.4. The molecule has 0 unspecified atom stereocenters. The molecule has 0 bridgehead atoms. The van der Waals surface area contributed by atoms with E-state index < -0.39 is 0 Å². The second-order valence-corrected chi connectivity index (χ2v) is 11.5. The highest BCUT2D eigenvalue weighted by Crippen LogP contribution is 2.41. The monoisotopic (exact) mass is 596 g/mol. The van der Waals surface area contributed by atoms with Gasteiger partial charge in [-0.3, -0.25) is 10.2 Å². The maximum atomic E-state index is 13.5. The minimum atomic E-state index is -0.326. The highest BCUT2D eigenvalue weighted by molar-refractivity contribution is 5.98. The second kappa shape index (κ2) is 15.7. The van der Waals surface area contributed by atoms with Crippen LogP contribution < -0.4 is 15.5 Å². The predicted octanol–water partition coefficient (Wildman–Crippen LogP) is 8.00. The molecule has 1 heterocycles. The number of phenols is 1. The molecule has 4 rings (SSSR count). The van der Waals surface area contributed by atoms with Gasteiger partial charge in [-0.2, -0.15) is 5.10 Å². The van der Waals surface area contributed by atoms with Gasteiger partial charge >= 0.3 is 0 Å². The maximum absolute atomic E-state index is 13.5. The molecule has 0 saturated carbocycles. The number of amides is 1. The van der Waals surface area contributed by atoms with E-state index in [0.29, 0.717) is 41.4 Å². The Morgan fingerprint density at radius 1 is 1.00 bits per heavy atom. The van der Waals surface area contributed by atoms with Crippen LogP contribution in [0.25, 0.3) is 11.1 Å². The number of phenolic OH excluding ortho intramolecular Hbond substituents is 1. The number of rotatable bonds is 15. The summed E-state index contributed by atoms with van der Waals surface area (Å²) < 4.78 is 19.7.